The maximum Gasteiger partial charge on any atom is 0.249 e. The van der Waals surface area contributed by atoms with Gasteiger partial charge in [-0.1, -0.05) is 19.4 Å². The van der Waals surface area contributed by atoms with Gasteiger partial charge in [0, 0.05) is 6.20 Å². The van der Waals surface area contributed by atoms with E-state index in [2.05, 4.69) is 25.5 Å². The molecule has 0 radical (unpaired) electrons. The first kappa shape index (κ1) is 17.1. The lowest BCUT2D eigenvalue weighted by atomic mass is 9.97. The lowest BCUT2D eigenvalue weighted by Crippen LogP contribution is -2.48. The van der Waals surface area contributed by atoms with Gasteiger partial charge >= 0.3 is 0 Å². The molecule has 8 heteroatoms. The standard InChI is InChI=1S/C13H18N6O.ClH/c1-3-7-13(2,14)11(20)17-12-16-10(18-19-12)9-6-4-5-8-15-9;/h4-6,8H,3,7,14H2,1-2H3,(H2,16,17,18,19,20);1H. The van der Waals surface area contributed by atoms with Crippen molar-refractivity contribution in [1.82, 2.24) is 20.2 Å². The summed E-state index contributed by atoms with van der Waals surface area (Å²) in [5, 5.41) is 9.29. The molecule has 0 aliphatic carbocycles. The van der Waals surface area contributed by atoms with Crippen molar-refractivity contribution in [3.63, 3.8) is 0 Å². The average molecular weight is 311 g/mol. The third-order valence-corrected chi connectivity index (χ3v) is 2.91. The van der Waals surface area contributed by atoms with Crippen LogP contribution in [0.3, 0.4) is 0 Å². The van der Waals surface area contributed by atoms with Crippen LogP contribution in [0.25, 0.3) is 11.5 Å². The number of halogens is 1. The molecule has 0 saturated carbocycles. The highest BCUT2D eigenvalue weighted by Crippen LogP contribution is 2.14. The number of H-pyrrole nitrogens is 1. The number of carbonyl (C=O) groups excluding carboxylic acids is 1. The van der Waals surface area contributed by atoms with Crippen LogP contribution in [0.1, 0.15) is 26.7 Å². The molecule has 2 aromatic rings. The van der Waals surface area contributed by atoms with E-state index in [0.717, 1.165) is 6.42 Å². The van der Waals surface area contributed by atoms with E-state index in [1.807, 2.05) is 19.1 Å². The molecule has 0 aromatic carbocycles. The summed E-state index contributed by atoms with van der Waals surface area (Å²) in [7, 11) is 0. The molecule has 2 rings (SSSR count). The highest BCUT2D eigenvalue weighted by molar-refractivity contribution is 5.96. The van der Waals surface area contributed by atoms with Gasteiger partial charge in [0.05, 0.1) is 5.54 Å². The Bertz CT molecular complexity index is 583. The van der Waals surface area contributed by atoms with Gasteiger partial charge in [0.15, 0.2) is 5.82 Å². The average Bonchev–Trinajstić information content (AvgIpc) is 2.88. The second kappa shape index (κ2) is 7.14. The predicted octanol–water partition coefficient (Wildman–Crippen LogP) is 1.74. The Kier molecular flexibility index (Phi) is 5.80. The quantitative estimate of drug-likeness (QED) is 0.779. The molecular weight excluding hydrogens is 292 g/mol. The number of carbonyl (C=O) groups is 1. The Labute approximate surface area is 129 Å². The fourth-order valence-electron chi connectivity index (χ4n) is 1.81. The summed E-state index contributed by atoms with van der Waals surface area (Å²) in [4.78, 5) is 20.4. The molecule has 1 amide bonds. The zero-order valence-corrected chi connectivity index (χ0v) is 12.8. The SMILES string of the molecule is CCCC(C)(N)C(=O)Nc1n[nH]c(-c2ccccn2)n1.Cl. The lowest BCUT2D eigenvalue weighted by Gasteiger charge is -2.21. The summed E-state index contributed by atoms with van der Waals surface area (Å²) in [6.45, 7) is 3.67. The van der Waals surface area contributed by atoms with Gasteiger partial charge in [-0.15, -0.1) is 17.5 Å². The van der Waals surface area contributed by atoms with Crippen LogP contribution in [0.15, 0.2) is 24.4 Å². The first-order valence-corrected chi connectivity index (χ1v) is 6.47. The second-order valence-electron chi connectivity index (χ2n) is 4.84. The van der Waals surface area contributed by atoms with Gasteiger partial charge in [0.25, 0.3) is 0 Å². The van der Waals surface area contributed by atoms with Gasteiger partial charge in [0.2, 0.25) is 11.9 Å². The van der Waals surface area contributed by atoms with E-state index in [1.165, 1.54) is 0 Å². The molecule has 0 aliphatic heterocycles. The minimum atomic E-state index is -0.930. The van der Waals surface area contributed by atoms with Crippen LogP contribution < -0.4 is 11.1 Å². The number of nitrogens with two attached hydrogens (primary N) is 1. The number of nitrogens with zero attached hydrogens (tertiary/aromatic N) is 3. The van der Waals surface area contributed by atoms with E-state index in [9.17, 15) is 4.79 Å². The molecule has 2 aromatic heterocycles. The number of pyridine rings is 1. The number of amides is 1. The molecule has 0 saturated heterocycles. The normalized spacial score (nSPS) is 13.1. The monoisotopic (exact) mass is 310 g/mol. The third-order valence-electron chi connectivity index (χ3n) is 2.91. The Morgan fingerprint density at radius 1 is 1.48 bits per heavy atom. The van der Waals surface area contributed by atoms with E-state index < -0.39 is 5.54 Å². The van der Waals surface area contributed by atoms with E-state index in [4.69, 9.17) is 5.73 Å². The smallest absolute Gasteiger partial charge is 0.249 e. The number of aromatic nitrogens is 4. The number of hydrogen-bond donors (Lipinski definition) is 3. The van der Waals surface area contributed by atoms with Crippen LogP contribution in [-0.2, 0) is 4.79 Å². The minimum Gasteiger partial charge on any atom is -0.318 e. The van der Waals surface area contributed by atoms with Gasteiger partial charge in [-0.05, 0) is 25.5 Å². The maximum absolute atomic E-state index is 12.0. The molecule has 21 heavy (non-hydrogen) atoms. The summed E-state index contributed by atoms with van der Waals surface area (Å²) in [5.41, 5.74) is 5.67. The van der Waals surface area contributed by atoms with Gasteiger partial charge < -0.3 is 5.73 Å². The van der Waals surface area contributed by atoms with Gasteiger partial charge in [-0.25, -0.2) is 0 Å². The molecule has 114 valence electrons. The molecule has 0 spiro atoms. The number of rotatable bonds is 5. The third kappa shape index (κ3) is 4.24. The summed E-state index contributed by atoms with van der Waals surface area (Å²) in [6, 6.07) is 5.46. The molecule has 0 aliphatic rings. The molecule has 4 N–H and O–H groups in total. The van der Waals surface area contributed by atoms with Crippen LogP contribution in [0.2, 0.25) is 0 Å². The topological polar surface area (TPSA) is 110 Å². The van der Waals surface area contributed by atoms with E-state index in [1.54, 1.807) is 19.2 Å². The molecule has 2 heterocycles. The Morgan fingerprint density at radius 2 is 2.24 bits per heavy atom. The van der Waals surface area contributed by atoms with E-state index in [-0.39, 0.29) is 24.3 Å². The summed E-state index contributed by atoms with van der Waals surface area (Å²) < 4.78 is 0. The zero-order valence-electron chi connectivity index (χ0n) is 12.0. The van der Waals surface area contributed by atoms with Gasteiger partial charge in [-0.3, -0.25) is 20.2 Å². The molecule has 1 atom stereocenters. The van der Waals surface area contributed by atoms with Crippen molar-refractivity contribution in [3.8, 4) is 11.5 Å². The van der Waals surface area contributed by atoms with Crippen molar-refractivity contribution in [1.29, 1.82) is 0 Å². The Hall–Kier alpha value is -1.99. The zero-order chi connectivity index (χ0) is 14.6. The number of hydrogen-bond acceptors (Lipinski definition) is 5. The largest absolute Gasteiger partial charge is 0.318 e. The minimum absolute atomic E-state index is 0. The number of anilines is 1. The van der Waals surface area contributed by atoms with Crippen LogP contribution in [0.5, 0.6) is 0 Å². The summed E-state index contributed by atoms with van der Waals surface area (Å²) >= 11 is 0. The van der Waals surface area contributed by atoms with Crippen molar-refractivity contribution in [2.75, 3.05) is 5.32 Å². The van der Waals surface area contributed by atoms with Gasteiger partial charge in [0.1, 0.15) is 5.69 Å². The maximum atomic E-state index is 12.0. The van der Waals surface area contributed by atoms with E-state index >= 15 is 0 Å². The molecular formula is C13H19ClN6O. The summed E-state index contributed by atoms with van der Waals surface area (Å²) in [5.74, 6) is 0.393. The fourth-order valence-corrected chi connectivity index (χ4v) is 1.81. The Balaban J connectivity index is 0.00000220. The predicted molar refractivity (Wildman–Crippen MR) is 83.0 cm³/mol. The molecule has 7 nitrogen and oxygen atoms in total. The van der Waals surface area contributed by atoms with E-state index in [0.29, 0.717) is 17.9 Å². The van der Waals surface area contributed by atoms with Gasteiger partial charge in [-0.2, -0.15) is 4.98 Å². The first-order valence-electron chi connectivity index (χ1n) is 6.47. The lowest BCUT2D eigenvalue weighted by molar-refractivity contribution is -0.120. The van der Waals surface area contributed by atoms with Crippen molar-refractivity contribution in [2.45, 2.75) is 32.2 Å². The fraction of sp³-hybridized carbons (Fsp3) is 0.385. The second-order valence-corrected chi connectivity index (χ2v) is 4.84. The molecule has 0 fully saturated rings. The van der Waals surface area contributed by atoms with Crippen molar-refractivity contribution in [2.24, 2.45) is 5.73 Å². The van der Waals surface area contributed by atoms with Crippen molar-refractivity contribution < 1.29 is 4.79 Å². The first-order chi connectivity index (χ1) is 9.53. The highest BCUT2D eigenvalue weighted by Gasteiger charge is 2.28. The van der Waals surface area contributed by atoms with Crippen LogP contribution in [-0.4, -0.2) is 31.6 Å². The number of aromatic amines is 1. The van der Waals surface area contributed by atoms with Crippen LogP contribution in [0.4, 0.5) is 5.95 Å². The summed E-state index contributed by atoms with van der Waals surface area (Å²) in [6.07, 6.45) is 3.08. The van der Waals surface area contributed by atoms with Crippen LogP contribution >= 0.6 is 12.4 Å². The van der Waals surface area contributed by atoms with Crippen molar-refractivity contribution >= 4 is 24.3 Å². The number of nitrogens with one attached hydrogen (secondary N) is 2. The Morgan fingerprint density at radius 3 is 2.86 bits per heavy atom. The molecule has 0 bridgehead atoms. The van der Waals surface area contributed by atoms with Crippen LogP contribution in [0, 0.1) is 0 Å². The highest BCUT2D eigenvalue weighted by atomic mass is 35.5. The molecule has 1 unspecified atom stereocenters. The van der Waals surface area contributed by atoms with Crippen molar-refractivity contribution in [3.05, 3.63) is 24.4 Å².